The molecule has 2 heterocycles. The fraction of sp³-hybridized carbons (Fsp3) is 0.250. The first-order valence-electron chi connectivity index (χ1n) is 5.02. The Kier molecular flexibility index (Phi) is 2.45. The van der Waals surface area contributed by atoms with Crippen molar-refractivity contribution in [2.75, 3.05) is 5.73 Å². The van der Waals surface area contributed by atoms with Gasteiger partial charge < -0.3 is 14.7 Å². The molecule has 2 N–H and O–H groups in total. The van der Waals surface area contributed by atoms with Crippen LogP contribution in [0, 0.1) is 25.2 Å². The Hall–Kier alpha value is -2.15. The van der Waals surface area contributed by atoms with Crippen LogP contribution in [0.2, 0.25) is 0 Å². The van der Waals surface area contributed by atoms with Gasteiger partial charge in [0.1, 0.15) is 17.6 Å². The van der Waals surface area contributed by atoms with Crippen LogP contribution >= 0.6 is 0 Å². The summed E-state index contributed by atoms with van der Waals surface area (Å²) in [5.41, 5.74) is 8.43. The van der Waals surface area contributed by atoms with Gasteiger partial charge in [-0.1, -0.05) is 0 Å². The molecular weight excluding hydrogens is 202 g/mol. The van der Waals surface area contributed by atoms with Gasteiger partial charge in [0.15, 0.2) is 0 Å². The zero-order valence-electron chi connectivity index (χ0n) is 9.32. The molecule has 0 radical (unpaired) electrons. The zero-order valence-corrected chi connectivity index (χ0v) is 9.32. The smallest absolute Gasteiger partial charge is 0.123 e. The van der Waals surface area contributed by atoms with Gasteiger partial charge in [0, 0.05) is 5.69 Å². The first-order chi connectivity index (χ1) is 7.65. The van der Waals surface area contributed by atoms with E-state index in [4.69, 9.17) is 15.4 Å². The lowest BCUT2D eigenvalue weighted by Crippen LogP contribution is -2.05. The van der Waals surface area contributed by atoms with E-state index < -0.39 is 0 Å². The molecule has 16 heavy (non-hydrogen) atoms. The van der Waals surface area contributed by atoms with E-state index in [2.05, 4.69) is 6.07 Å². The molecule has 0 aliphatic heterocycles. The molecule has 0 saturated carbocycles. The molecular formula is C12H13N3O. The number of hydrogen-bond donors (Lipinski definition) is 1. The Labute approximate surface area is 93.9 Å². The quantitative estimate of drug-likeness (QED) is 0.835. The second-order valence-electron chi connectivity index (χ2n) is 3.75. The molecule has 0 atom stereocenters. The van der Waals surface area contributed by atoms with Crippen LogP contribution in [-0.2, 0) is 6.54 Å². The highest BCUT2D eigenvalue weighted by Gasteiger charge is 2.15. The predicted molar refractivity (Wildman–Crippen MR) is 60.8 cm³/mol. The van der Waals surface area contributed by atoms with Crippen LogP contribution in [0.25, 0.3) is 0 Å². The van der Waals surface area contributed by atoms with Gasteiger partial charge in [0.2, 0.25) is 0 Å². The minimum atomic E-state index is 0.508. The van der Waals surface area contributed by atoms with Crippen molar-refractivity contribution >= 4 is 5.82 Å². The highest BCUT2D eigenvalue weighted by atomic mass is 16.3. The van der Waals surface area contributed by atoms with Crippen molar-refractivity contribution in [3.05, 3.63) is 41.0 Å². The number of aromatic nitrogens is 1. The Balaban J connectivity index is 2.46. The number of nitriles is 1. The number of anilines is 1. The molecule has 0 aliphatic rings. The summed E-state index contributed by atoms with van der Waals surface area (Å²) in [5.74, 6) is 1.34. The van der Waals surface area contributed by atoms with Gasteiger partial charge in [-0.2, -0.15) is 5.26 Å². The minimum absolute atomic E-state index is 0.508. The van der Waals surface area contributed by atoms with Crippen LogP contribution < -0.4 is 5.73 Å². The van der Waals surface area contributed by atoms with Gasteiger partial charge in [-0.15, -0.1) is 0 Å². The molecule has 4 heteroatoms. The fourth-order valence-electron chi connectivity index (χ4n) is 1.79. The van der Waals surface area contributed by atoms with Gasteiger partial charge in [-0.25, -0.2) is 0 Å². The third kappa shape index (κ3) is 1.47. The van der Waals surface area contributed by atoms with E-state index in [9.17, 15) is 0 Å². The van der Waals surface area contributed by atoms with Crippen LogP contribution in [0.3, 0.4) is 0 Å². The SMILES string of the molecule is Cc1c(C#N)c(N)n(Cc2ccco2)c1C. The Morgan fingerprint density at radius 2 is 2.25 bits per heavy atom. The second-order valence-corrected chi connectivity index (χ2v) is 3.75. The summed E-state index contributed by atoms with van der Waals surface area (Å²) in [6, 6.07) is 5.85. The summed E-state index contributed by atoms with van der Waals surface area (Å²) in [6.07, 6.45) is 1.63. The van der Waals surface area contributed by atoms with E-state index in [1.165, 1.54) is 0 Å². The summed E-state index contributed by atoms with van der Waals surface area (Å²) < 4.78 is 7.17. The van der Waals surface area contributed by atoms with Crippen molar-refractivity contribution in [1.29, 1.82) is 5.26 Å². The lowest BCUT2D eigenvalue weighted by atomic mass is 10.2. The van der Waals surface area contributed by atoms with Crippen molar-refractivity contribution in [3.8, 4) is 6.07 Å². The van der Waals surface area contributed by atoms with Crippen molar-refractivity contribution in [1.82, 2.24) is 4.57 Å². The first-order valence-corrected chi connectivity index (χ1v) is 5.02. The maximum absolute atomic E-state index is 9.00. The van der Waals surface area contributed by atoms with E-state index in [1.54, 1.807) is 6.26 Å². The zero-order chi connectivity index (χ0) is 11.7. The average Bonchev–Trinajstić information content (AvgIpc) is 2.83. The summed E-state index contributed by atoms with van der Waals surface area (Å²) in [4.78, 5) is 0. The lowest BCUT2D eigenvalue weighted by Gasteiger charge is -2.06. The highest BCUT2D eigenvalue weighted by Crippen LogP contribution is 2.24. The third-order valence-electron chi connectivity index (χ3n) is 2.88. The molecule has 0 aliphatic carbocycles. The van der Waals surface area contributed by atoms with Crippen molar-refractivity contribution < 1.29 is 4.42 Å². The lowest BCUT2D eigenvalue weighted by molar-refractivity contribution is 0.493. The maximum Gasteiger partial charge on any atom is 0.123 e. The second kappa shape index (κ2) is 3.78. The number of nitrogens with two attached hydrogens (primary N) is 1. The fourth-order valence-corrected chi connectivity index (χ4v) is 1.79. The molecule has 0 fully saturated rings. The van der Waals surface area contributed by atoms with Crippen molar-refractivity contribution in [2.45, 2.75) is 20.4 Å². The van der Waals surface area contributed by atoms with E-state index in [-0.39, 0.29) is 0 Å². The van der Waals surface area contributed by atoms with Gasteiger partial charge >= 0.3 is 0 Å². The van der Waals surface area contributed by atoms with E-state index in [0.717, 1.165) is 17.0 Å². The predicted octanol–water partition coefficient (Wildman–Crippen LogP) is 2.20. The monoisotopic (exact) mass is 215 g/mol. The van der Waals surface area contributed by atoms with Crippen LogP contribution in [0.1, 0.15) is 22.6 Å². The molecule has 2 aromatic rings. The number of nitrogen functional groups attached to an aromatic ring is 1. The third-order valence-corrected chi connectivity index (χ3v) is 2.88. The maximum atomic E-state index is 9.00. The molecule has 0 aromatic carbocycles. The topological polar surface area (TPSA) is 67.9 Å². The van der Waals surface area contributed by atoms with Crippen LogP contribution in [0.5, 0.6) is 0 Å². The first kappa shape index (κ1) is 10.4. The van der Waals surface area contributed by atoms with Crippen LogP contribution in [0.4, 0.5) is 5.82 Å². The molecule has 2 rings (SSSR count). The van der Waals surface area contributed by atoms with Crippen LogP contribution in [0.15, 0.2) is 22.8 Å². The summed E-state index contributed by atoms with van der Waals surface area (Å²) in [5, 5.41) is 9.00. The summed E-state index contributed by atoms with van der Waals surface area (Å²) in [7, 11) is 0. The van der Waals surface area contributed by atoms with Gasteiger partial charge in [-0.05, 0) is 31.5 Å². The van der Waals surface area contributed by atoms with Gasteiger partial charge in [0.05, 0.1) is 18.4 Å². The number of hydrogen-bond acceptors (Lipinski definition) is 3. The molecule has 4 nitrogen and oxygen atoms in total. The van der Waals surface area contributed by atoms with Gasteiger partial charge in [0.25, 0.3) is 0 Å². The molecule has 0 amide bonds. The standard InChI is InChI=1S/C12H13N3O/c1-8-9(2)15(12(14)11(8)6-13)7-10-4-3-5-16-10/h3-5H,7,14H2,1-2H3. The number of rotatable bonds is 2. The van der Waals surface area contributed by atoms with E-state index in [1.807, 2.05) is 30.5 Å². The Morgan fingerprint density at radius 3 is 2.75 bits per heavy atom. The number of nitrogens with zero attached hydrogens (tertiary/aromatic N) is 2. The molecule has 2 aromatic heterocycles. The number of furan rings is 1. The van der Waals surface area contributed by atoms with E-state index in [0.29, 0.717) is 17.9 Å². The highest BCUT2D eigenvalue weighted by molar-refractivity contribution is 5.57. The average molecular weight is 215 g/mol. The molecule has 0 saturated heterocycles. The molecule has 82 valence electrons. The van der Waals surface area contributed by atoms with Gasteiger partial charge in [-0.3, -0.25) is 0 Å². The Morgan fingerprint density at radius 1 is 1.50 bits per heavy atom. The summed E-state index contributed by atoms with van der Waals surface area (Å²) in [6.45, 7) is 4.42. The van der Waals surface area contributed by atoms with Crippen molar-refractivity contribution in [3.63, 3.8) is 0 Å². The Bertz CT molecular complexity index is 544. The van der Waals surface area contributed by atoms with Crippen LogP contribution in [-0.4, -0.2) is 4.57 Å². The molecule has 0 bridgehead atoms. The normalized spacial score (nSPS) is 10.3. The minimum Gasteiger partial charge on any atom is -0.467 e. The molecule has 0 spiro atoms. The largest absolute Gasteiger partial charge is 0.467 e. The molecule has 0 unspecified atom stereocenters. The van der Waals surface area contributed by atoms with Crippen molar-refractivity contribution in [2.24, 2.45) is 0 Å². The van der Waals surface area contributed by atoms with E-state index >= 15 is 0 Å². The summed E-state index contributed by atoms with van der Waals surface area (Å²) >= 11 is 0.